The first-order chi connectivity index (χ1) is 16.8. The second kappa shape index (κ2) is 9.23. The number of fused-ring (bicyclic) bond motifs is 1. The summed E-state index contributed by atoms with van der Waals surface area (Å²) in [6.07, 6.45) is 1.82. The van der Waals surface area contributed by atoms with Crippen molar-refractivity contribution < 1.29 is 13.2 Å². The Morgan fingerprint density at radius 1 is 0.943 bits per heavy atom. The van der Waals surface area contributed by atoms with E-state index in [9.17, 15) is 13.2 Å². The number of aromatic nitrogens is 1. The summed E-state index contributed by atoms with van der Waals surface area (Å²) in [5.41, 5.74) is 4.47. The van der Waals surface area contributed by atoms with Gasteiger partial charge in [-0.05, 0) is 73.7 Å². The Kier molecular flexibility index (Phi) is 6.11. The van der Waals surface area contributed by atoms with Crippen molar-refractivity contribution >= 4 is 32.5 Å². The van der Waals surface area contributed by atoms with Crippen LogP contribution in [0.5, 0.6) is 0 Å². The molecule has 1 aliphatic heterocycles. The van der Waals surface area contributed by atoms with Crippen LogP contribution in [0.1, 0.15) is 40.4 Å². The van der Waals surface area contributed by atoms with Crippen LogP contribution >= 0.6 is 0 Å². The number of anilines is 1. The molecule has 180 valence electrons. The molecule has 1 aliphatic rings. The minimum absolute atomic E-state index is 0.0179. The number of para-hydroxylation sites is 1. The molecule has 1 N–H and O–H groups in total. The van der Waals surface area contributed by atoms with Gasteiger partial charge in [0.2, 0.25) is 0 Å². The summed E-state index contributed by atoms with van der Waals surface area (Å²) in [7, 11) is -2.14. The molecule has 7 heteroatoms. The molecular weight excluding hydrogens is 458 g/mol. The van der Waals surface area contributed by atoms with Gasteiger partial charge in [-0.25, -0.2) is 8.42 Å². The lowest BCUT2D eigenvalue weighted by Gasteiger charge is -2.32. The van der Waals surface area contributed by atoms with E-state index in [1.807, 2.05) is 24.0 Å². The van der Waals surface area contributed by atoms with Crippen LogP contribution in [0.3, 0.4) is 0 Å². The number of carbonyl (C=O) groups excluding carboxylic acids is 1. The van der Waals surface area contributed by atoms with Gasteiger partial charge in [-0.3, -0.25) is 9.10 Å². The van der Waals surface area contributed by atoms with Crippen LogP contribution in [0.2, 0.25) is 0 Å². The van der Waals surface area contributed by atoms with Crippen molar-refractivity contribution in [1.82, 2.24) is 9.88 Å². The lowest BCUT2D eigenvalue weighted by molar-refractivity contribution is 0.0712. The maximum absolute atomic E-state index is 13.1. The number of rotatable bonds is 5. The van der Waals surface area contributed by atoms with Crippen molar-refractivity contribution in [2.75, 3.05) is 24.4 Å². The van der Waals surface area contributed by atoms with Crippen molar-refractivity contribution in [3.05, 3.63) is 95.7 Å². The van der Waals surface area contributed by atoms with Gasteiger partial charge in [0, 0.05) is 42.8 Å². The number of likely N-dealkylation sites (tertiary alicyclic amines) is 1. The molecule has 0 aliphatic carbocycles. The zero-order chi connectivity index (χ0) is 24.6. The molecule has 0 unspecified atom stereocenters. The third-order valence-corrected chi connectivity index (χ3v) is 8.73. The van der Waals surface area contributed by atoms with Gasteiger partial charge in [0.15, 0.2) is 0 Å². The summed E-state index contributed by atoms with van der Waals surface area (Å²) in [6, 6.07) is 24.1. The number of aromatic amines is 1. The molecular formula is C28H29N3O3S. The predicted octanol–water partition coefficient (Wildman–Crippen LogP) is 5.32. The Labute approximate surface area is 206 Å². The van der Waals surface area contributed by atoms with E-state index < -0.39 is 10.0 Å². The number of sulfonamides is 1. The second-order valence-electron chi connectivity index (χ2n) is 9.21. The van der Waals surface area contributed by atoms with Gasteiger partial charge in [0.25, 0.3) is 15.9 Å². The van der Waals surface area contributed by atoms with E-state index in [0.29, 0.717) is 30.3 Å². The lowest BCUT2D eigenvalue weighted by Crippen LogP contribution is -2.38. The largest absolute Gasteiger partial charge is 0.358 e. The monoisotopic (exact) mass is 487 g/mol. The van der Waals surface area contributed by atoms with E-state index >= 15 is 0 Å². The van der Waals surface area contributed by atoms with Crippen molar-refractivity contribution in [3.63, 3.8) is 0 Å². The first kappa shape index (κ1) is 23.2. The van der Waals surface area contributed by atoms with E-state index in [-0.39, 0.29) is 10.8 Å². The maximum Gasteiger partial charge on any atom is 0.264 e. The molecule has 0 spiro atoms. The van der Waals surface area contributed by atoms with Gasteiger partial charge in [-0.15, -0.1) is 0 Å². The molecule has 6 nitrogen and oxygen atoms in total. The molecule has 0 saturated carbocycles. The van der Waals surface area contributed by atoms with Gasteiger partial charge in [0.05, 0.1) is 10.6 Å². The molecule has 3 aromatic carbocycles. The summed E-state index contributed by atoms with van der Waals surface area (Å²) in [5, 5.41) is 1.22. The minimum atomic E-state index is -3.67. The van der Waals surface area contributed by atoms with Crippen LogP contribution in [0.25, 0.3) is 10.9 Å². The number of piperidine rings is 1. The van der Waals surface area contributed by atoms with Crippen LogP contribution < -0.4 is 4.31 Å². The van der Waals surface area contributed by atoms with E-state index in [2.05, 4.69) is 23.2 Å². The van der Waals surface area contributed by atoms with Gasteiger partial charge in [-0.2, -0.15) is 0 Å². The van der Waals surface area contributed by atoms with Crippen molar-refractivity contribution in [1.29, 1.82) is 0 Å². The molecule has 0 atom stereocenters. The van der Waals surface area contributed by atoms with Crippen molar-refractivity contribution in [2.45, 2.75) is 30.6 Å². The number of nitrogens with zero attached hydrogens (tertiary/aromatic N) is 2. The van der Waals surface area contributed by atoms with Crippen LogP contribution in [0.4, 0.5) is 5.69 Å². The van der Waals surface area contributed by atoms with Crippen LogP contribution in [0.15, 0.2) is 83.8 Å². The Morgan fingerprint density at radius 2 is 1.60 bits per heavy atom. The molecule has 1 aromatic heterocycles. The Bertz CT molecular complexity index is 1420. The van der Waals surface area contributed by atoms with Crippen LogP contribution in [-0.4, -0.2) is 44.3 Å². The third-order valence-electron chi connectivity index (χ3n) is 6.93. The van der Waals surface area contributed by atoms with E-state index in [1.165, 1.54) is 22.4 Å². The second-order valence-corrected chi connectivity index (χ2v) is 11.2. The van der Waals surface area contributed by atoms with Gasteiger partial charge < -0.3 is 9.88 Å². The highest BCUT2D eigenvalue weighted by Crippen LogP contribution is 2.31. The molecule has 0 bridgehead atoms. The Hall–Kier alpha value is -3.58. The number of hydrogen-bond acceptors (Lipinski definition) is 3. The highest BCUT2D eigenvalue weighted by molar-refractivity contribution is 7.92. The number of H-pyrrole nitrogens is 1. The number of nitrogens with one attached hydrogen (secondary N) is 1. The fraction of sp³-hybridized carbons (Fsp3) is 0.250. The Morgan fingerprint density at radius 3 is 2.26 bits per heavy atom. The van der Waals surface area contributed by atoms with Crippen molar-refractivity contribution in [2.24, 2.45) is 0 Å². The number of carbonyl (C=O) groups is 1. The van der Waals surface area contributed by atoms with Crippen molar-refractivity contribution in [3.8, 4) is 0 Å². The van der Waals surface area contributed by atoms with Crippen LogP contribution in [0, 0.1) is 6.92 Å². The summed E-state index contributed by atoms with van der Waals surface area (Å²) in [4.78, 5) is 18.8. The average molecular weight is 488 g/mol. The van der Waals surface area contributed by atoms with Gasteiger partial charge in [0.1, 0.15) is 0 Å². The quantitative estimate of drug-likeness (QED) is 0.414. The fourth-order valence-electron chi connectivity index (χ4n) is 4.71. The van der Waals surface area contributed by atoms with E-state index in [0.717, 1.165) is 23.9 Å². The molecule has 1 amide bonds. The summed E-state index contributed by atoms with van der Waals surface area (Å²) in [5.74, 6) is 0.394. The van der Waals surface area contributed by atoms with Gasteiger partial charge in [-0.1, -0.05) is 35.9 Å². The number of amides is 1. The first-order valence-corrected chi connectivity index (χ1v) is 13.3. The highest BCUT2D eigenvalue weighted by Gasteiger charge is 2.26. The Balaban J connectivity index is 1.24. The number of hydrogen-bond donors (Lipinski definition) is 1. The summed E-state index contributed by atoms with van der Waals surface area (Å²) in [6.45, 7) is 3.31. The zero-order valence-electron chi connectivity index (χ0n) is 19.9. The number of benzene rings is 3. The fourth-order valence-corrected chi connectivity index (χ4v) is 5.91. The smallest absolute Gasteiger partial charge is 0.264 e. The highest BCUT2D eigenvalue weighted by atomic mass is 32.2. The lowest BCUT2D eigenvalue weighted by atomic mass is 9.93. The standard InChI is InChI=1S/C28H29N3O3S/c1-20-7-13-25(14-8-20)35(33,34)30(2)24-11-9-22(10-12-24)28(32)31-17-15-21(16-18-31)27-19-23-5-3-4-6-26(23)29-27/h3-14,19,21,29H,15-18H2,1-2H3. The molecule has 1 saturated heterocycles. The minimum Gasteiger partial charge on any atom is -0.358 e. The zero-order valence-corrected chi connectivity index (χ0v) is 20.8. The summed E-state index contributed by atoms with van der Waals surface area (Å²) < 4.78 is 27.2. The molecule has 4 aromatic rings. The average Bonchev–Trinajstić information content (AvgIpc) is 3.33. The SMILES string of the molecule is Cc1ccc(S(=O)(=O)N(C)c2ccc(C(=O)N3CCC(c4cc5ccccc5[nH]4)CC3)cc2)cc1. The molecule has 0 radical (unpaired) electrons. The predicted molar refractivity (Wildman–Crippen MR) is 139 cm³/mol. The topological polar surface area (TPSA) is 73.5 Å². The normalized spacial score (nSPS) is 14.9. The van der Waals surface area contributed by atoms with E-state index in [1.54, 1.807) is 48.5 Å². The molecule has 35 heavy (non-hydrogen) atoms. The summed E-state index contributed by atoms with van der Waals surface area (Å²) >= 11 is 0. The van der Waals surface area contributed by atoms with Crippen LogP contribution in [-0.2, 0) is 10.0 Å². The van der Waals surface area contributed by atoms with Gasteiger partial charge >= 0.3 is 0 Å². The van der Waals surface area contributed by atoms with E-state index in [4.69, 9.17) is 0 Å². The molecule has 2 heterocycles. The molecule has 5 rings (SSSR count). The third kappa shape index (κ3) is 4.56. The first-order valence-electron chi connectivity index (χ1n) is 11.9. The molecule has 1 fully saturated rings. The maximum atomic E-state index is 13.1. The number of aryl methyl sites for hydroxylation is 1.